The van der Waals surface area contributed by atoms with Crippen molar-refractivity contribution in [2.45, 2.75) is 63.6 Å². The van der Waals surface area contributed by atoms with Crippen LogP contribution < -0.4 is 0 Å². The van der Waals surface area contributed by atoms with Crippen LogP contribution in [0.1, 0.15) is 39.2 Å². The van der Waals surface area contributed by atoms with E-state index in [1.165, 1.54) is 4.31 Å². The Kier molecular flexibility index (Phi) is 5.21. The third kappa shape index (κ3) is 3.60. The summed E-state index contributed by atoms with van der Waals surface area (Å²) in [5.41, 5.74) is 0.547. The van der Waals surface area contributed by atoms with Gasteiger partial charge in [0.2, 0.25) is 10.0 Å². The van der Waals surface area contributed by atoms with Gasteiger partial charge in [-0.2, -0.15) is 4.31 Å². The van der Waals surface area contributed by atoms with Crippen LogP contribution >= 0.6 is 0 Å². The molecular weight excluding hydrogens is 314 g/mol. The molecule has 1 saturated heterocycles. The summed E-state index contributed by atoms with van der Waals surface area (Å²) < 4.78 is 27.4. The third-order valence-corrected chi connectivity index (χ3v) is 6.53. The summed E-state index contributed by atoms with van der Waals surface area (Å²) in [5, 5.41) is 20.2. The molecular formula is C17H27NO4S. The van der Waals surface area contributed by atoms with Gasteiger partial charge in [0.25, 0.3) is 0 Å². The van der Waals surface area contributed by atoms with Crippen LogP contribution in [0, 0.1) is 12.3 Å². The second-order valence-corrected chi connectivity index (χ2v) is 9.28. The Morgan fingerprint density at radius 1 is 1.22 bits per heavy atom. The van der Waals surface area contributed by atoms with Gasteiger partial charge in [-0.05, 0) is 37.3 Å². The number of aryl methyl sites for hydroxylation is 1. The fourth-order valence-electron chi connectivity index (χ4n) is 3.14. The molecule has 0 aromatic heterocycles. The van der Waals surface area contributed by atoms with Crippen molar-refractivity contribution in [1.82, 2.24) is 4.31 Å². The molecule has 6 heteroatoms. The third-order valence-electron chi connectivity index (χ3n) is 4.54. The number of hydrogen-bond acceptors (Lipinski definition) is 4. The normalized spacial score (nSPS) is 24.8. The van der Waals surface area contributed by atoms with Crippen molar-refractivity contribution >= 4 is 10.0 Å². The molecule has 1 fully saturated rings. The molecule has 2 N–H and O–H groups in total. The van der Waals surface area contributed by atoms with Gasteiger partial charge in [0.15, 0.2) is 0 Å². The highest BCUT2D eigenvalue weighted by Crippen LogP contribution is 2.37. The molecule has 1 aliphatic heterocycles. The summed E-state index contributed by atoms with van der Waals surface area (Å²) >= 11 is 0. The smallest absolute Gasteiger partial charge is 0.243 e. The number of benzene rings is 1. The maximum Gasteiger partial charge on any atom is 0.243 e. The molecule has 0 aliphatic carbocycles. The number of sulfonamides is 1. The Hall–Kier alpha value is -0.950. The minimum atomic E-state index is -3.76. The van der Waals surface area contributed by atoms with E-state index in [0.29, 0.717) is 12.8 Å². The van der Waals surface area contributed by atoms with Crippen LogP contribution in [-0.4, -0.2) is 47.7 Å². The quantitative estimate of drug-likeness (QED) is 0.877. The highest BCUT2D eigenvalue weighted by atomic mass is 32.2. The first kappa shape index (κ1) is 18.4. The van der Waals surface area contributed by atoms with Gasteiger partial charge in [0.05, 0.1) is 23.6 Å². The highest BCUT2D eigenvalue weighted by molar-refractivity contribution is 7.89. The molecule has 0 radical (unpaired) electrons. The predicted octanol–water partition coefficient (Wildman–Crippen LogP) is 1.92. The Balaban J connectivity index is 2.44. The van der Waals surface area contributed by atoms with Crippen molar-refractivity contribution in [3.8, 4) is 0 Å². The Labute approximate surface area is 139 Å². The summed E-state index contributed by atoms with van der Waals surface area (Å²) in [4.78, 5) is 0.203. The molecule has 0 bridgehead atoms. The van der Waals surface area contributed by atoms with Gasteiger partial charge in [-0.1, -0.05) is 38.5 Å². The summed E-state index contributed by atoms with van der Waals surface area (Å²) in [6.45, 7) is 7.33. The van der Waals surface area contributed by atoms with Gasteiger partial charge in [0, 0.05) is 6.04 Å². The molecule has 1 aromatic carbocycles. The number of hydrogen-bond donors (Lipinski definition) is 2. The lowest BCUT2D eigenvalue weighted by atomic mass is 9.84. The second kappa shape index (κ2) is 6.51. The molecule has 1 heterocycles. The average molecular weight is 341 g/mol. The zero-order valence-electron chi connectivity index (χ0n) is 14.2. The zero-order chi connectivity index (χ0) is 17.4. The van der Waals surface area contributed by atoms with E-state index in [1.807, 2.05) is 27.7 Å². The van der Waals surface area contributed by atoms with Crippen molar-refractivity contribution in [2.75, 3.05) is 6.61 Å². The standard InChI is InChI=1S/C17H27NO4S/c1-12-5-8-14(9-6-12)23(21,22)18-13(11-19)7-10-15(18)16(20)17(2,3)4/h5-6,8-9,13,15-16,19-20H,7,10-11H2,1-4H3/t13-,15+,16-/m1/s1. The van der Waals surface area contributed by atoms with E-state index in [4.69, 9.17) is 0 Å². The second-order valence-electron chi connectivity index (χ2n) is 7.44. The lowest BCUT2D eigenvalue weighted by Crippen LogP contribution is -2.51. The molecule has 0 saturated carbocycles. The lowest BCUT2D eigenvalue weighted by molar-refractivity contribution is 0.00835. The van der Waals surface area contributed by atoms with Crippen molar-refractivity contribution in [3.63, 3.8) is 0 Å². The summed E-state index contributed by atoms with van der Waals surface area (Å²) in [5.74, 6) is 0. The number of aliphatic hydroxyl groups excluding tert-OH is 2. The van der Waals surface area contributed by atoms with E-state index in [2.05, 4.69) is 0 Å². The largest absolute Gasteiger partial charge is 0.395 e. The molecule has 1 aliphatic rings. The lowest BCUT2D eigenvalue weighted by Gasteiger charge is -2.37. The van der Waals surface area contributed by atoms with E-state index >= 15 is 0 Å². The predicted molar refractivity (Wildman–Crippen MR) is 89.6 cm³/mol. The number of aliphatic hydroxyl groups is 2. The molecule has 23 heavy (non-hydrogen) atoms. The van der Waals surface area contributed by atoms with Crippen LogP contribution in [0.15, 0.2) is 29.2 Å². The molecule has 1 aromatic rings. The number of rotatable bonds is 4. The van der Waals surface area contributed by atoms with Gasteiger partial charge in [-0.15, -0.1) is 0 Å². The van der Waals surface area contributed by atoms with E-state index in [-0.39, 0.29) is 11.5 Å². The molecule has 0 amide bonds. The monoisotopic (exact) mass is 341 g/mol. The Morgan fingerprint density at radius 3 is 2.26 bits per heavy atom. The van der Waals surface area contributed by atoms with E-state index < -0.39 is 33.6 Å². The first-order chi connectivity index (χ1) is 10.6. The van der Waals surface area contributed by atoms with E-state index in [0.717, 1.165) is 5.56 Å². The van der Waals surface area contributed by atoms with Crippen LogP contribution in [-0.2, 0) is 10.0 Å². The van der Waals surface area contributed by atoms with Gasteiger partial charge in [-0.3, -0.25) is 0 Å². The van der Waals surface area contributed by atoms with Crippen molar-refractivity contribution < 1.29 is 18.6 Å². The molecule has 5 nitrogen and oxygen atoms in total. The summed E-state index contributed by atoms with van der Waals surface area (Å²) in [6.07, 6.45) is 0.313. The fourth-order valence-corrected chi connectivity index (χ4v) is 5.01. The zero-order valence-corrected chi connectivity index (χ0v) is 15.0. The van der Waals surface area contributed by atoms with E-state index in [1.54, 1.807) is 24.3 Å². The number of nitrogens with zero attached hydrogens (tertiary/aromatic N) is 1. The van der Waals surface area contributed by atoms with Gasteiger partial charge >= 0.3 is 0 Å². The fraction of sp³-hybridized carbons (Fsp3) is 0.647. The maximum absolute atomic E-state index is 13.1. The van der Waals surface area contributed by atoms with Crippen molar-refractivity contribution in [1.29, 1.82) is 0 Å². The minimum absolute atomic E-state index is 0.203. The average Bonchev–Trinajstić information content (AvgIpc) is 2.90. The van der Waals surface area contributed by atoms with Crippen LogP contribution in [0.5, 0.6) is 0 Å². The maximum atomic E-state index is 13.1. The molecule has 3 atom stereocenters. The van der Waals surface area contributed by atoms with Crippen LogP contribution in [0.4, 0.5) is 0 Å². The highest BCUT2D eigenvalue weighted by Gasteiger charge is 2.47. The molecule has 2 rings (SSSR count). The first-order valence-corrected chi connectivity index (χ1v) is 9.42. The van der Waals surface area contributed by atoms with Gasteiger partial charge in [-0.25, -0.2) is 8.42 Å². The van der Waals surface area contributed by atoms with Crippen LogP contribution in [0.3, 0.4) is 0 Å². The summed E-state index contributed by atoms with van der Waals surface area (Å²) in [6, 6.07) is 5.68. The minimum Gasteiger partial charge on any atom is -0.395 e. The molecule has 0 spiro atoms. The van der Waals surface area contributed by atoms with Crippen LogP contribution in [0.2, 0.25) is 0 Å². The summed E-state index contributed by atoms with van der Waals surface area (Å²) in [7, 11) is -3.76. The topological polar surface area (TPSA) is 77.8 Å². The Morgan fingerprint density at radius 2 is 1.78 bits per heavy atom. The Bertz CT molecular complexity index is 634. The molecule has 130 valence electrons. The molecule has 0 unspecified atom stereocenters. The first-order valence-electron chi connectivity index (χ1n) is 7.98. The van der Waals surface area contributed by atoms with Crippen molar-refractivity contribution in [2.24, 2.45) is 5.41 Å². The van der Waals surface area contributed by atoms with Crippen LogP contribution in [0.25, 0.3) is 0 Å². The SMILES string of the molecule is Cc1ccc(S(=O)(=O)N2[C@@H](CO)CC[C@H]2[C@@H](O)C(C)(C)C)cc1. The van der Waals surface area contributed by atoms with Crippen molar-refractivity contribution in [3.05, 3.63) is 29.8 Å². The van der Waals surface area contributed by atoms with Gasteiger partial charge in [0.1, 0.15) is 0 Å². The van der Waals surface area contributed by atoms with Gasteiger partial charge < -0.3 is 10.2 Å². The van der Waals surface area contributed by atoms with E-state index in [9.17, 15) is 18.6 Å².